The highest BCUT2D eigenvalue weighted by Crippen LogP contribution is 1.83. The van der Waals surface area contributed by atoms with E-state index in [9.17, 15) is 10.1 Å². The second-order valence-corrected chi connectivity index (χ2v) is 1.43. The van der Waals surface area contributed by atoms with Crippen LogP contribution in [0.1, 0.15) is 6.92 Å². The summed E-state index contributed by atoms with van der Waals surface area (Å²) >= 11 is 0. The summed E-state index contributed by atoms with van der Waals surface area (Å²) in [6.45, 7) is 4.96. The van der Waals surface area contributed by atoms with Crippen molar-refractivity contribution in [3.05, 3.63) is 35.0 Å². The maximum atomic E-state index is 10.0. The summed E-state index contributed by atoms with van der Waals surface area (Å²) in [6.07, 6.45) is 4.05. The van der Waals surface area contributed by atoms with Crippen molar-refractivity contribution in [1.82, 2.24) is 0 Å². The van der Waals surface area contributed by atoms with E-state index in [1.54, 1.807) is 13.0 Å². The minimum atomic E-state index is -0.590. The van der Waals surface area contributed by atoms with E-state index in [-0.39, 0.29) is 5.84 Å². The lowest BCUT2D eigenvalue weighted by Crippen LogP contribution is -2.06. The van der Waals surface area contributed by atoms with E-state index >= 15 is 0 Å². The van der Waals surface area contributed by atoms with E-state index in [1.807, 2.05) is 0 Å². The monoisotopic (exact) mass is 140 g/mol. The van der Waals surface area contributed by atoms with Crippen molar-refractivity contribution in [1.29, 1.82) is 0 Å². The molecular weight excluding hydrogens is 132 g/mol. The topological polar surface area (TPSA) is 55.5 Å². The molecule has 4 heteroatoms. The van der Waals surface area contributed by atoms with Crippen LogP contribution in [0, 0.1) is 10.1 Å². The summed E-state index contributed by atoms with van der Waals surface area (Å²) in [5, 5.41) is 10.0. The van der Waals surface area contributed by atoms with E-state index in [0.29, 0.717) is 0 Å². The molecule has 0 fully saturated rings. The Morgan fingerprint density at radius 3 is 2.70 bits per heavy atom. The first-order valence-corrected chi connectivity index (χ1v) is 2.68. The number of hydrogen-bond acceptors (Lipinski definition) is 3. The normalized spacial score (nSPS) is 11.9. The molecule has 0 saturated heterocycles. The summed E-state index contributed by atoms with van der Waals surface area (Å²) in [5.41, 5.74) is 0. The first-order chi connectivity index (χ1) is 4.72. The third kappa shape index (κ3) is 2.76. The maximum Gasteiger partial charge on any atom is 0.362 e. The van der Waals surface area contributed by atoms with Crippen molar-refractivity contribution in [2.24, 2.45) is 4.99 Å². The minimum Gasteiger partial charge on any atom is -0.358 e. The molecule has 0 spiro atoms. The van der Waals surface area contributed by atoms with Crippen molar-refractivity contribution in [3.8, 4) is 0 Å². The van der Waals surface area contributed by atoms with E-state index in [2.05, 4.69) is 11.6 Å². The molecule has 0 aliphatic heterocycles. The molecule has 0 atom stereocenters. The average Bonchev–Trinajstić information content (AvgIpc) is 1.89. The molecule has 0 heterocycles. The molecule has 0 aromatic rings. The van der Waals surface area contributed by atoms with Crippen molar-refractivity contribution in [2.45, 2.75) is 6.92 Å². The molecule has 0 N–H and O–H groups in total. The van der Waals surface area contributed by atoms with Gasteiger partial charge >= 0.3 is 5.84 Å². The molecule has 4 nitrogen and oxygen atoms in total. The Hall–Kier alpha value is -1.45. The molecule has 0 bridgehead atoms. The van der Waals surface area contributed by atoms with Gasteiger partial charge < -0.3 is 10.1 Å². The van der Waals surface area contributed by atoms with Gasteiger partial charge in [-0.05, 0) is 22.9 Å². The molecule has 54 valence electrons. The lowest BCUT2D eigenvalue weighted by molar-refractivity contribution is -0.348. The summed E-state index contributed by atoms with van der Waals surface area (Å²) in [5.74, 6) is -0.238. The Labute approximate surface area is 58.7 Å². The molecule has 0 aromatic heterocycles. The third-order valence-corrected chi connectivity index (χ3v) is 0.726. The summed E-state index contributed by atoms with van der Waals surface area (Å²) in [7, 11) is 0. The Bertz CT molecular complexity index is 194. The number of hydrogen-bond donors (Lipinski definition) is 0. The van der Waals surface area contributed by atoms with E-state index in [4.69, 9.17) is 0 Å². The molecule has 10 heavy (non-hydrogen) atoms. The van der Waals surface area contributed by atoms with Gasteiger partial charge in [0, 0.05) is 6.08 Å². The van der Waals surface area contributed by atoms with Gasteiger partial charge in [0.05, 0.1) is 0 Å². The molecule has 0 unspecified atom stereocenters. The van der Waals surface area contributed by atoms with Gasteiger partial charge in [-0.2, -0.15) is 0 Å². The summed E-state index contributed by atoms with van der Waals surface area (Å²) in [6, 6.07) is 0. The zero-order valence-electron chi connectivity index (χ0n) is 5.65. The molecular formula is C6H8N2O2. The molecule has 0 amide bonds. The summed E-state index contributed by atoms with van der Waals surface area (Å²) in [4.78, 5) is 12.9. The number of aliphatic imine (C=N–C) groups is 1. The van der Waals surface area contributed by atoms with Crippen molar-refractivity contribution in [3.63, 3.8) is 0 Å². The van der Waals surface area contributed by atoms with Gasteiger partial charge in [-0.1, -0.05) is 6.58 Å². The van der Waals surface area contributed by atoms with E-state index in [1.165, 1.54) is 6.20 Å². The van der Waals surface area contributed by atoms with Crippen LogP contribution in [0.25, 0.3) is 0 Å². The molecule has 0 radical (unpaired) electrons. The van der Waals surface area contributed by atoms with E-state index in [0.717, 1.165) is 6.08 Å². The van der Waals surface area contributed by atoms with Crippen LogP contribution < -0.4 is 0 Å². The fourth-order valence-electron chi connectivity index (χ4n) is 0.325. The van der Waals surface area contributed by atoms with Gasteiger partial charge in [0.2, 0.25) is 0 Å². The number of nitrogens with zero attached hydrogens (tertiary/aromatic N) is 2. The van der Waals surface area contributed by atoms with Crippen molar-refractivity contribution < 1.29 is 4.92 Å². The first kappa shape index (κ1) is 8.55. The van der Waals surface area contributed by atoms with Crippen molar-refractivity contribution >= 4 is 5.84 Å². The van der Waals surface area contributed by atoms with Crippen LogP contribution in [0.2, 0.25) is 0 Å². The zero-order valence-corrected chi connectivity index (χ0v) is 5.65. The first-order valence-electron chi connectivity index (χ1n) is 2.68. The van der Waals surface area contributed by atoms with Gasteiger partial charge in [0.15, 0.2) is 0 Å². The third-order valence-electron chi connectivity index (χ3n) is 0.726. The van der Waals surface area contributed by atoms with E-state index < -0.39 is 4.92 Å². The van der Waals surface area contributed by atoms with Crippen LogP contribution in [0.5, 0.6) is 0 Å². The molecule has 0 saturated carbocycles. The number of nitro groups is 1. The number of amidine groups is 1. The molecule has 0 aromatic carbocycles. The fraction of sp³-hybridized carbons (Fsp3) is 0.167. The maximum absolute atomic E-state index is 10.0. The molecule has 0 rings (SSSR count). The highest BCUT2D eigenvalue weighted by atomic mass is 16.6. The van der Waals surface area contributed by atoms with Gasteiger partial charge in [-0.3, -0.25) is 0 Å². The van der Waals surface area contributed by atoms with Crippen LogP contribution in [-0.4, -0.2) is 10.8 Å². The number of allylic oxidation sites excluding steroid dienone is 1. The quantitative estimate of drug-likeness (QED) is 0.252. The summed E-state index contributed by atoms with van der Waals surface area (Å²) < 4.78 is 0. The van der Waals surface area contributed by atoms with Gasteiger partial charge in [0.1, 0.15) is 6.20 Å². The second-order valence-electron chi connectivity index (χ2n) is 1.43. The van der Waals surface area contributed by atoms with Gasteiger partial charge in [-0.25, -0.2) is 0 Å². The predicted octanol–water partition coefficient (Wildman–Crippen LogP) is 1.38. The van der Waals surface area contributed by atoms with Crippen LogP contribution in [0.4, 0.5) is 0 Å². The molecule has 0 aliphatic carbocycles. The highest BCUT2D eigenvalue weighted by Gasteiger charge is 2.01. The predicted molar refractivity (Wildman–Crippen MR) is 39.4 cm³/mol. The Morgan fingerprint density at radius 1 is 1.80 bits per heavy atom. The highest BCUT2D eigenvalue weighted by molar-refractivity contribution is 5.85. The smallest absolute Gasteiger partial charge is 0.358 e. The second kappa shape index (κ2) is 4.43. The van der Waals surface area contributed by atoms with Crippen LogP contribution >= 0.6 is 0 Å². The van der Waals surface area contributed by atoms with Crippen LogP contribution in [0.15, 0.2) is 29.9 Å². The van der Waals surface area contributed by atoms with Gasteiger partial charge in [-0.15, -0.1) is 0 Å². The largest absolute Gasteiger partial charge is 0.362 e. The number of rotatable bonds is 2. The van der Waals surface area contributed by atoms with Crippen LogP contribution in [0.3, 0.4) is 0 Å². The lowest BCUT2D eigenvalue weighted by Gasteiger charge is -1.86. The fourth-order valence-corrected chi connectivity index (χ4v) is 0.325. The Morgan fingerprint density at radius 2 is 2.40 bits per heavy atom. The van der Waals surface area contributed by atoms with Crippen molar-refractivity contribution in [2.75, 3.05) is 0 Å². The molecule has 0 aliphatic rings. The Kier molecular flexibility index (Phi) is 3.79. The Balaban J connectivity index is 4.33. The SMILES string of the molecule is C=C/C(=N\C=C/C)[N+](=O)[O-]. The standard InChI is InChI=1S/C6H8N2O2/c1-3-5-7-6(4-2)8(9)10/h3-5H,2H2,1H3/b5-3-,7-6+. The minimum absolute atomic E-state index is 0.238. The lowest BCUT2D eigenvalue weighted by atomic mass is 10.6. The van der Waals surface area contributed by atoms with Gasteiger partial charge in [0.25, 0.3) is 0 Å². The zero-order chi connectivity index (χ0) is 7.98. The van der Waals surface area contributed by atoms with Crippen LogP contribution in [-0.2, 0) is 0 Å². The average molecular weight is 140 g/mol.